The molecule has 0 saturated carbocycles. The van der Waals surface area contributed by atoms with Crippen LogP contribution in [0.3, 0.4) is 0 Å². The van der Waals surface area contributed by atoms with E-state index in [1.54, 1.807) is 4.90 Å². The maximum absolute atomic E-state index is 12.2. The van der Waals surface area contributed by atoms with Crippen molar-refractivity contribution in [2.75, 3.05) is 19.6 Å². The van der Waals surface area contributed by atoms with Crippen LogP contribution in [0, 0.1) is 0 Å². The summed E-state index contributed by atoms with van der Waals surface area (Å²) in [6.07, 6.45) is 1.99. The maximum Gasteiger partial charge on any atom is 0.416 e. The van der Waals surface area contributed by atoms with E-state index < -0.39 is 0 Å². The van der Waals surface area contributed by atoms with E-state index in [-0.39, 0.29) is 12.0 Å². The summed E-state index contributed by atoms with van der Waals surface area (Å²) in [5, 5.41) is 1.04. The van der Waals surface area contributed by atoms with Gasteiger partial charge in [-0.2, -0.15) is 0 Å². The molecule has 1 fully saturated rings. The molecule has 0 spiro atoms. The third-order valence-corrected chi connectivity index (χ3v) is 4.59. The molecule has 0 radical (unpaired) electrons. The minimum absolute atomic E-state index is 0.220. The molecule has 2 aromatic rings. The van der Waals surface area contributed by atoms with E-state index in [1.165, 1.54) is 0 Å². The van der Waals surface area contributed by atoms with E-state index in [0.717, 1.165) is 35.9 Å². The van der Waals surface area contributed by atoms with Crippen molar-refractivity contribution < 1.29 is 14.3 Å². The highest BCUT2D eigenvalue weighted by molar-refractivity contribution is 5.82. The number of carbonyl (C=O) groups is 2. The van der Waals surface area contributed by atoms with Gasteiger partial charge >= 0.3 is 6.09 Å². The van der Waals surface area contributed by atoms with E-state index >= 15 is 0 Å². The highest BCUT2D eigenvalue weighted by Gasteiger charge is 2.27. The summed E-state index contributed by atoms with van der Waals surface area (Å²) in [6, 6.07) is 9.82. The van der Waals surface area contributed by atoms with Crippen LogP contribution < -0.4 is 4.74 Å². The summed E-state index contributed by atoms with van der Waals surface area (Å²) >= 11 is 0. The van der Waals surface area contributed by atoms with Crippen LogP contribution in [-0.2, 0) is 11.3 Å². The standard InChI is InChI=1S/C18H19N3O3/c22-16-7-3-8-20(16)9-4-10-21-12-14-11-13-5-1-2-6-15(13)19-17(14)24-18(21)23/h1-2,5-6,11H,3-4,7-10,12H2. The first-order valence-corrected chi connectivity index (χ1v) is 8.34. The lowest BCUT2D eigenvalue weighted by Gasteiger charge is -2.28. The SMILES string of the molecule is O=C1CCCN1CCCN1Cc2cc3ccccc3nc2OC1=O. The number of likely N-dealkylation sites (tertiary alicyclic amines) is 1. The Hall–Kier alpha value is -2.63. The molecule has 2 amide bonds. The molecule has 1 aromatic carbocycles. The normalized spacial score (nSPS) is 17.3. The van der Waals surface area contributed by atoms with E-state index in [9.17, 15) is 9.59 Å². The zero-order chi connectivity index (χ0) is 16.5. The summed E-state index contributed by atoms with van der Waals surface area (Å²) < 4.78 is 5.39. The second-order valence-corrected chi connectivity index (χ2v) is 6.27. The maximum atomic E-state index is 12.2. The van der Waals surface area contributed by atoms with Crippen LogP contribution in [0.5, 0.6) is 5.88 Å². The monoisotopic (exact) mass is 325 g/mol. The molecule has 6 nitrogen and oxygen atoms in total. The van der Waals surface area contributed by atoms with E-state index in [4.69, 9.17) is 4.74 Å². The lowest BCUT2D eigenvalue weighted by Crippen LogP contribution is -2.39. The number of benzene rings is 1. The molecule has 0 bridgehead atoms. The molecule has 0 atom stereocenters. The molecule has 0 N–H and O–H groups in total. The minimum Gasteiger partial charge on any atom is -0.391 e. The van der Waals surface area contributed by atoms with Crippen LogP contribution in [0.25, 0.3) is 10.9 Å². The van der Waals surface area contributed by atoms with Crippen molar-refractivity contribution >= 4 is 22.9 Å². The van der Waals surface area contributed by atoms with Crippen LogP contribution in [0.2, 0.25) is 0 Å². The Balaban J connectivity index is 1.44. The second-order valence-electron chi connectivity index (χ2n) is 6.27. The molecular weight excluding hydrogens is 306 g/mol. The number of para-hydroxylation sites is 1. The highest BCUT2D eigenvalue weighted by atomic mass is 16.6. The molecular formula is C18H19N3O3. The summed E-state index contributed by atoms with van der Waals surface area (Å²) in [5.41, 5.74) is 1.75. The average Bonchev–Trinajstić information content (AvgIpc) is 2.99. The molecule has 24 heavy (non-hydrogen) atoms. The van der Waals surface area contributed by atoms with Gasteiger partial charge in [-0.05, 0) is 25.0 Å². The van der Waals surface area contributed by atoms with Gasteiger partial charge in [0.15, 0.2) is 0 Å². The van der Waals surface area contributed by atoms with Gasteiger partial charge in [-0.25, -0.2) is 9.78 Å². The quantitative estimate of drug-likeness (QED) is 0.867. The molecule has 4 rings (SSSR count). The van der Waals surface area contributed by atoms with Crippen LogP contribution in [-0.4, -0.2) is 46.4 Å². The Morgan fingerprint density at radius 3 is 2.79 bits per heavy atom. The summed E-state index contributed by atoms with van der Waals surface area (Å²) in [7, 11) is 0. The van der Waals surface area contributed by atoms with Crippen LogP contribution in [0.1, 0.15) is 24.8 Å². The Morgan fingerprint density at radius 1 is 1.12 bits per heavy atom. The Bertz CT molecular complexity index is 805. The molecule has 3 heterocycles. The van der Waals surface area contributed by atoms with Gasteiger partial charge in [-0.3, -0.25) is 4.79 Å². The smallest absolute Gasteiger partial charge is 0.391 e. The molecule has 6 heteroatoms. The van der Waals surface area contributed by atoms with Gasteiger partial charge in [-0.1, -0.05) is 18.2 Å². The molecule has 0 aliphatic carbocycles. The van der Waals surface area contributed by atoms with Crippen LogP contribution >= 0.6 is 0 Å². The van der Waals surface area contributed by atoms with E-state index in [1.807, 2.05) is 35.2 Å². The number of ether oxygens (including phenoxy) is 1. The predicted molar refractivity (Wildman–Crippen MR) is 88.6 cm³/mol. The minimum atomic E-state index is -0.363. The van der Waals surface area contributed by atoms with Crippen LogP contribution in [0.15, 0.2) is 30.3 Å². The predicted octanol–water partition coefficient (Wildman–Crippen LogP) is 2.56. The van der Waals surface area contributed by atoms with Crippen molar-refractivity contribution in [3.63, 3.8) is 0 Å². The third-order valence-electron chi connectivity index (χ3n) is 4.59. The topological polar surface area (TPSA) is 62.7 Å². The number of aromatic nitrogens is 1. The van der Waals surface area contributed by atoms with E-state index in [2.05, 4.69) is 4.98 Å². The lowest BCUT2D eigenvalue weighted by molar-refractivity contribution is -0.127. The number of pyridine rings is 1. The molecule has 1 aromatic heterocycles. The van der Waals surface area contributed by atoms with Gasteiger partial charge in [0.25, 0.3) is 0 Å². The van der Waals surface area contributed by atoms with Gasteiger partial charge in [0.1, 0.15) is 0 Å². The number of carbonyl (C=O) groups excluding carboxylic acids is 2. The lowest BCUT2D eigenvalue weighted by atomic mass is 10.1. The zero-order valence-corrected chi connectivity index (χ0v) is 13.4. The fraction of sp³-hybridized carbons (Fsp3) is 0.389. The van der Waals surface area contributed by atoms with Crippen LogP contribution in [0.4, 0.5) is 4.79 Å². The van der Waals surface area contributed by atoms with Gasteiger partial charge in [0.05, 0.1) is 12.1 Å². The van der Waals surface area contributed by atoms with Crippen molar-refractivity contribution in [2.45, 2.75) is 25.8 Å². The first-order valence-electron chi connectivity index (χ1n) is 8.34. The van der Waals surface area contributed by atoms with Crippen molar-refractivity contribution in [1.29, 1.82) is 0 Å². The van der Waals surface area contributed by atoms with E-state index in [0.29, 0.717) is 31.9 Å². The molecule has 1 saturated heterocycles. The third kappa shape index (κ3) is 2.79. The van der Waals surface area contributed by atoms with Crippen molar-refractivity contribution in [3.8, 4) is 5.88 Å². The fourth-order valence-electron chi connectivity index (χ4n) is 3.32. The number of hydrogen-bond donors (Lipinski definition) is 0. The van der Waals surface area contributed by atoms with Gasteiger partial charge in [0.2, 0.25) is 11.8 Å². The number of nitrogens with zero attached hydrogens (tertiary/aromatic N) is 3. The molecule has 0 unspecified atom stereocenters. The van der Waals surface area contributed by atoms with Crippen molar-refractivity contribution in [2.24, 2.45) is 0 Å². The van der Waals surface area contributed by atoms with Gasteiger partial charge in [-0.15, -0.1) is 0 Å². The van der Waals surface area contributed by atoms with Gasteiger partial charge in [0, 0.05) is 37.0 Å². The Labute approximate surface area is 140 Å². The number of rotatable bonds is 4. The first-order chi connectivity index (χ1) is 11.7. The highest BCUT2D eigenvalue weighted by Crippen LogP contribution is 2.27. The largest absolute Gasteiger partial charge is 0.416 e. The van der Waals surface area contributed by atoms with Crippen molar-refractivity contribution in [3.05, 3.63) is 35.9 Å². The molecule has 2 aliphatic rings. The zero-order valence-electron chi connectivity index (χ0n) is 13.4. The number of hydrogen-bond acceptors (Lipinski definition) is 4. The number of fused-ring (bicyclic) bond motifs is 2. The Kier molecular flexibility index (Phi) is 3.80. The molecule has 124 valence electrons. The van der Waals surface area contributed by atoms with Crippen molar-refractivity contribution in [1.82, 2.24) is 14.8 Å². The summed E-state index contributed by atoms with van der Waals surface area (Å²) in [4.78, 5) is 31.8. The summed E-state index contributed by atoms with van der Waals surface area (Å²) in [5.74, 6) is 0.627. The molecule has 2 aliphatic heterocycles. The summed E-state index contributed by atoms with van der Waals surface area (Å²) in [6.45, 7) is 2.61. The Morgan fingerprint density at radius 2 is 1.96 bits per heavy atom. The van der Waals surface area contributed by atoms with Gasteiger partial charge < -0.3 is 14.5 Å². The first kappa shape index (κ1) is 14.9. The average molecular weight is 325 g/mol. The number of amides is 2. The fourth-order valence-corrected chi connectivity index (χ4v) is 3.32. The second kappa shape index (κ2) is 6.11.